The smallest absolute Gasteiger partial charge is 0.235 e. The molecule has 0 atom stereocenters. The van der Waals surface area contributed by atoms with Gasteiger partial charge >= 0.3 is 0 Å². The van der Waals surface area contributed by atoms with Gasteiger partial charge in [-0.2, -0.15) is 0 Å². The molecule has 4 heteroatoms. The van der Waals surface area contributed by atoms with Crippen LogP contribution in [0, 0.1) is 6.92 Å². The second-order valence-electron chi connectivity index (χ2n) is 1.99. The third-order valence-electron chi connectivity index (χ3n) is 1.19. The SMILES string of the molecule is Cc1cc(N=C=O)ncc1Br. The van der Waals surface area contributed by atoms with Crippen LogP contribution in [0.25, 0.3) is 0 Å². The minimum Gasteiger partial charge on any atom is -0.235 e. The highest BCUT2D eigenvalue weighted by atomic mass is 79.9. The van der Waals surface area contributed by atoms with Gasteiger partial charge in [0, 0.05) is 10.7 Å². The van der Waals surface area contributed by atoms with Crippen molar-refractivity contribution in [1.82, 2.24) is 4.98 Å². The molecule has 0 aliphatic heterocycles. The fourth-order valence-corrected chi connectivity index (χ4v) is 0.849. The molecular formula is C7H5BrN2O. The maximum Gasteiger partial charge on any atom is 0.242 e. The first-order valence-electron chi connectivity index (χ1n) is 2.94. The first kappa shape index (κ1) is 8.11. The molecule has 0 fully saturated rings. The molecule has 0 radical (unpaired) electrons. The van der Waals surface area contributed by atoms with Gasteiger partial charge in [-0.1, -0.05) is 0 Å². The predicted molar refractivity (Wildman–Crippen MR) is 44.5 cm³/mol. The summed E-state index contributed by atoms with van der Waals surface area (Å²) in [5.74, 6) is 0.390. The van der Waals surface area contributed by atoms with Gasteiger partial charge in [0.05, 0.1) is 0 Å². The van der Waals surface area contributed by atoms with E-state index in [0.29, 0.717) is 5.82 Å². The number of hydrogen-bond donors (Lipinski definition) is 0. The molecule has 0 saturated heterocycles. The second-order valence-corrected chi connectivity index (χ2v) is 2.85. The quantitative estimate of drug-likeness (QED) is 0.529. The summed E-state index contributed by atoms with van der Waals surface area (Å²) in [4.78, 5) is 17.1. The summed E-state index contributed by atoms with van der Waals surface area (Å²) in [7, 11) is 0. The van der Waals surface area contributed by atoms with E-state index in [0.717, 1.165) is 10.0 Å². The number of pyridine rings is 1. The Bertz CT molecular complexity index is 318. The molecule has 1 aromatic heterocycles. The lowest BCUT2D eigenvalue weighted by Gasteiger charge is -1.95. The first-order chi connectivity index (χ1) is 5.24. The van der Waals surface area contributed by atoms with Crippen LogP contribution in [0.5, 0.6) is 0 Å². The molecule has 1 rings (SSSR count). The Balaban J connectivity index is 3.14. The first-order valence-corrected chi connectivity index (χ1v) is 3.73. The Morgan fingerprint density at radius 2 is 2.45 bits per heavy atom. The van der Waals surface area contributed by atoms with E-state index in [2.05, 4.69) is 25.9 Å². The van der Waals surface area contributed by atoms with E-state index in [1.807, 2.05) is 6.92 Å². The fourth-order valence-electron chi connectivity index (χ4n) is 0.632. The summed E-state index contributed by atoms with van der Waals surface area (Å²) in [6.07, 6.45) is 3.03. The minimum absolute atomic E-state index is 0.390. The molecule has 1 heterocycles. The molecule has 0 bridgehead atoms. The number of aliphatic imine (C=N–C) groups is 1. The van der Waals surface area contributed by atoms with Crippen molar-refractivity contribution in [3.8, 4) is 0 Å². The number of halogens is 1. The van der Waals surface area contributed by atoms with Crippen LogP contribution < -0.4 is 0 Å². The fraction of sp³-hybridized carbons (Fsp3) is 0.143. The topological polar surface area (TPSA) is 42.3 Å². The summed E-state index contributed by atoms with van der Waals surface area (Å²) in [5.41, 5.74) is 0.994. The van der Waals surface area contributed by atoms with E-state index in [4.69, 9.17) is 0 Å². The van der Waals surface area contributed by atoms with Crippen molar-refractivity contribution in [3.63, 3.8) is 0 Å². The van der Waals surface area contributed by atoms with Crippen molar-refractivity contribution in [3.05, 3.63) is 22.3 Å². The van der Waals surface area contributed by atoms with Crippen molar-refractivity contribution in [2.24, 2.45) is 4.99 Å². The van der Waals surface area contributed by atoms with Crippen LogP contribution in [-0.2, 0) is 4.79 Å². The normalized spacial score (nSPS) is 8.91. The minimum atomic E-state index is 0.390. The third kappa shape index (κ3) is 1.97. The molecule has 0 saturated carbocycles. The molecule has 0 unspecified atom stereocenters. The summed E-state index contributed by atoms with van der Waals surface area (Å²) >= 11 is 3.28. The molecule has 0 aromatic carbocycles. The van der Waals surface area contributed by atoms with Gasteiger partial charge in [0.25, 0.3) is 0 Å². The van der Waals surface area contributed by atoms with Crippen LogP contribution in [0.2, 0.25) is 0 Å². The van der Waals surface area contributed by atoms with Gasteiger partial charge in [-0.25, -0.2) is 9.78 Å². The van der Waals surface area contributed by atoms with Gasteiger partial charge < -0.3 is 0 Å². The van der Waals surface area contributed by atoms with Crippen molar-refractivity contribution in [2.45, 2.75) is 6.92 Å². The predicted octanol–water partition coefficient (Wildman–Crippen LogP) is 2.12. The zero-order valence-corrected chi connectivity index (χ0v) is 7.42. The Labute approximate surface area is 72.3 Å². The van der Waals surface area contributed by atoms with Crippen molar-refractivity contribution < 1.29 is 4.79 Å². The van der Waals surface area contributed by atoms with E-state index in [1.165, 1.54) is 6.08 Å². The molecule has 0 N–H and O–H groups in total. The van der Waals surface area contributed by atoms with Gasteiger partial charge in [-0.15, -0.1) is 4.99 Å². The van der Waals surface area contributed by atoms with Gasteiger partial charge in [0.1, 0.15) is 0 Å². The average Bonchev–Trinajstić information content (AvgIpc) is 1.98. The molecule has 0 amide bonds. The van der Waals surface area contributed by atoms with Crippen LogP contribution in [0.15, 0.2) is 21.7 Å². The number of carbonyl (C=O) groups excluding carboxylic acids is 1. The molecule has 0 spiro atoms. The van der Waals surface area contributed by atoms with Crippen molar-refractivity contribution in [1.29, 1.82) is 0 Å². The van der Waals surface area contributed by atoms with E-state index in [9.17, 15) is 4.79 Å². The van der Waals surface area contributed by atoms with Crippen LogP contribution in [0.1, 0.15) is 5.56 Å². The number of aryl methyl sites for hydroxylation is 1. The monoisotopic (exact) mass is 212 g/mol. The van der Waals surface area contributed by atoms with Gasteiger partial charge in [0.2, 0.25) is 6.08 Å². The van der Waals surface area contributed by atoms with Gasteiger partial charge in [0.15, 0.2) is 5.82 Å². The van der Waals surface area contributed by atoms with Crippen LogP contribution in [0.4, 0.5) is 5.82 Å². The van der Waals surface area contributed by atoms with E-state index >= 15 is 0 Å². The van der Waals surface area contributed by atoms with Crippen molar-refractivity contribution in [2.75, 3.05) is 0 Å². The maximum atomic E-state index is 9.83. The van der Waals surface area contributed by atoms with Gasteiger partial charge in [-0.05, 0) is 34.5 Å². The molecule has 11 heavy (non-hydrogen) atoms. The van der Waals surface area contributed by atoms with Crippen LogP contribution in [0.3, 0.4) is 0 Å². The second kappa shape index (κ2) is 3.42. The zero-order chi connectivity index (χ0) is 8.27. The Morgan fingerprint density at radius 3 is 3.00 bits per heavy atom. The number of nitrogens with zero attached hydrogens (tertiary/aromatic N) is 2. The molecule has 0 aliphatic carbocycles. The summed E-state index contributed by atoms with van der Waals surface area (Å²) in [6, 6.07) is 1.70. The molecule has 0 aliphatic rings. The maximum absolute atomic E-state index is 9.83. The van der Waals surface area contributed by atoms with Crippen LogP contribution >= 0.6 is 15.9 Å². The number of aromatic nitrogens is 1. The zero-order valence-electron chi connectivity index (χ0n) is 5.84. The Kier molecular flexibility index (Phi) is 2.52. The Morgan fingerprint density at radius 1 is 1.73 bits per heavy atom. The largest absolute Gasteiger partial charge is 0.242 e. The number of isocyanates is 1. The highest BCUT2D eigenvalue weighted by Crippen LogP contribution is 2.18. The molecule has 1 aromatic rings. The van der Waals surface area contributed by atoms with E-state index in [1.54, 1.807) is 12.3 Å². The van der Waals surface area contributed by atoms with Crippen LogP contribution in [-0.4, -0.2) is 11.1 Å². The average molecular weight is 213 g/mol. The third-order valence-corrected chi connectivity index (χ3v) is 2.02. The number of rotatable bonds is 1. The van der Waals surface area contributed by atoms with E-state index < -0.39 is 0 Å². The summed E-state index contributed by atoms with van der Waals surface area (Å²) < 4.78 is 0.905. The molecule has 3 nitrogen and oxygen atoms in total. The Hall–Kier alpha value is -0.990. The van der Waals surface area contributed by atoms with Crippen molar-refractivity contribution >= 4 is 27.8 Å². The highest BCUT2D eigenvalue weighted by molar-refractivity contribution is 9.10. The highest BCUT2D eigenvalue weighted by Gasteiger charge is 1.95. The number of hydrogen-bond acceptors (Lipinski definition) is 3. The lowest BCUT2D eigenvalue weighted by molar-refractivity contribution is 0.565. The lowest BCUT2D eigenvalue weighted by atomic mass is 10.3. The molecule has 56 valence electrons. The standard InChI is InChI=1S/C7H5BrN2O/c1-5-2-7(10-4-11)9-3-6(5)8/h2-3H,1H3. The van der Waals surface area contributed by atoms with E-state index in [-0.39, 0.29) is 0 Å². The lowest BCUT2D eigenvalue weighted by Crippen LogP contribution is -1.78. The summed E-state index contributed by atoms with van der Waals surface area (Å²) in [5, 5.41) is 0. The van der Waals surface area contributed by atoms with Gasteiger partial charge in [-0.3, -0.25) is 0 Å². The molecular weight excluding hydrogens is 208 g/mol. The summed E-state index contributed by atoms with van der Waals surface area (Å²) in [6.45, 7) is 1.90.